The van der Waals surface area contributed by atoms with Gasteiger partial charge in [-0.25, -0.2) is 4.79 Å². The number of rotatable bonds is 3. The summed E-state index contributed by atoms with van der Waals surface area (Å²) in [5.74, 6) is -0.146. The van der Waals surface area contributed by atoms with Crippen molar-refractivity contribution in [2.24, 2.45) is 0 Å². The molecule has 126 valence electrons. The zero-order valence-electron chi connectivity index (χ0n) is 13.0. The first-order valence-electron chi connectivity index (χ1n) is 7.18. The average Bonchev–Trinajstić information content (AvgIpc) is 2.55. The summed E-state index contributed by atoms with van der Waals surface area (Å²) >= 11 is 11.8. The number of nitrogens with one attached hydrogen (secondary N) is 1. The zero-order chi connectivity index (χ0) is 17.0. The van der Waals surface area contributed by atoms with Gasteiger partial charge in [-0.2, -0.15) is 0 Å². The summed E-state index contributed by atoms with van der Waals surface area (Å²) in [5.41, 5.74) is 0.849. The van der Waals surface area contributed by atoms with Gasteiger partial charge in [0.1, 0.15) is 0 Å². The van der Waals surface area contributed by atoms with E-state index in [2.05, 4.69) is 5.32 Å². The van der Waals surface area contributed by atoms with E-state index in [1.807, 2.05) is 0 Å². The molecule has 0 unspecified atom stereocenters. The van der Waals surface area contributed by atoms with Crippen LogP contribution in [-0.4, -0.2) is 61.6 Å². The minimum Gasteiger partial charge on any atom is -0.365 e. The number of amides is 3. The van der Waals surface area contributed by atoms with Crippen LogP contribution in [0.2, 0.25) is 10.0 Å². The number of hydrogen-bond donors (Lipinski definition) is 1. The monoisotopic (exact) mass is 359 g/mol. The second-order valence-electron chi connectivity index (χ2n) is 5.45. The predicted octanol–water partition coefficient (Wildman–Crippen LogP) is 1.99. The van der Waals surface area contributed by atoms with Gasteiger partial charge in [0.15, 0.2) is 6.10 Å². The van der Waals surface area contributed by atoms with E-state index in [0.717, 1.165) is 5.56 Å². The van der Waals surface area contributed by atoms with Crippen LogP contribution in [0.25, 0.3) is 0 Å². The van der Waals surface area contributed by atoms with Crippen LogP contribution < -0.4 is 5.32 Å². The van der Waals surface area contributed by atoms with Crippen LogP contribution in [0.5, 0.6) is 0 Å². The number of carbonyl (C=O) groups excluding carboxylic acids is 2. The summed E-state index contributed by atoms with van der Waals surface area (Å²) in [4.78, 5) is 27.2. The Hall–Kier alpha value is -1.50. The molecule has 8 heteroatoms. The molecular formula is C15H19Cl2N3O3. The lowest BCUT2D eigenvalue weighted by Gasteiger charge is -2.33. The van der Waals surface area contributed by atoms with Gasteiger partial charge in [-0.15, -0.1) is 0 Å². The normalized spacial score (nSPS) is 17.7. The molecule has 2 rings (SSSR count). The summed E-state index contributed by atoms with van der Waals surface area (Å²) in [6, 6.07) is 4.95. The fourth-order valence-corrected chi connectivity index (χ4v) is 2.53. The second kappa shape index (κ2) is 7.86. The quantitative estimate of drug-likeness (QED) is 0.897. The molecule has 1 fully saturated rings. The summed E-state index contributed by atoms with van der Waals surface area (Å²) in [6.07, 6.45) is -0.616. The molecule has 0 radical (unpaired) electrons. The Labute approximate surface area is 145 Å². The number of hydrogen-bond acceptors (Lipinski definition) is 3. The van der Waals surface area contributed by atoms with Crippen LogP contribution in [-0.2, 0) is 16.1 Å². The first-order chi connectivity index (χ1) is 10.9. The fourth-order valence-electron chi connectivity index (χ4n) is 2.21. The average molecular weight is 360 g/mol. The van der Waals surface area contributed by atoms with E-state index < -0.39 is 6.10 Å². The van der Waals surface area contributed by atoms with Gasteiger partial charge in [0.25, 0.3) is 5.91 Å². The van der Waals surface area contributed by atoms with E-state index in [9.17, 15) is 9.59 Å². The third-order valence-electron chi connectivity index (χ3n) is 3.50. The minimum atomic E-state index is -0.616. The molecule has 1 aliphatic rings. The molecule has 1 N–H and O–H groups in total. The van der Waals surface area contributed by atoms with Crippen molar-refractivity contribution in [3.8, 4) is 0 Å². The third-order valence-corrected chi connectivity index (χ3v) is 4.24. The molecule has 1 saturated heterocycles. The number of nitrogens with zero attached hydrogens (tertiary/aromatic N) is 2. The van der Waals surface area contributed by atoms with Crippen molar-refractivity contribution in [2.75, 3.05) is 33.8 Å². The number of halogens is 2. The van der Waals surface area contributed by atoms with E-state index in [-0.39, 0.29) is 18.5 Å². The zero-order valence-corrected chi connectivity index (χ0v) is 14.5. The van der Waals surface area contributed by atoms with Gasteiger partial charge in [-0.05, 0) is 17.7 Å². The molecule has 1 aromatic rings. The van der Waals surface area contributed by atoms with Crippen LogP contribution in [0.4, 0.5) is 4.79 Å². The summed E-state index contributed by atoms with van der Waals surface area (Å²) in [6.45, 7) is 1.36. The second-order valence-corrected chi connectivity index (χ2v) is 6.26. The van der Waals surface area contributed by atoms with Gasteiger partial charge in [-0.3, -0.25) is 4.79 Å². The van der Waals surface area contributed by atoms with Crippen molar-refractivity contribution in [1.82, 2.24) is 15.1 Å². The summed E-state index contributed by atoms with van der Waals surface area (Å²) < 4.78 is 5.43. The fraction of sp³-hybridized carbons (Fsp3) is 0.467. The van der Waals surface area contributed by atoms with Gasteiger partial charge in [0, 0.05) is 27.2 Å². The van der Waals surface area contributed by atoms with Crippen molar-refractivity contribution in [3.63, 3.8) is 0 Å². The van der Waals surface area contributed by atoms with E-state index in [1.165, 1.54) is 4.90 Å². The Morgan fingerprint density at radius 3 is 2.74 bits per heavy atom. The molecule has 0 saturated carbocycles. The van der Waals surface area contributed by atoms with Gasteiger partial charge < -0.3 is 19.9 Å². The summed E-state index contributed by atoms with van der Waals surface area (Å²) in [5, 5.41) is 3.73. The van der Waals surface area contributed by atoms with Crippen LogP contribution >= 0.6 is 23.2 Å². The number of urea groups is 1. The molecule has 3 amide bonds. The van der Waals surface area contributed by atoms with Crippen LogP contribution in [0, 0.1) is 0 Å². The van der Waals surface area contributed by atoms with Gasteiger partial charge >= 0.3 is 6.03 Å². The van der Waals surface area contributed by atoms with Crippen molar-refractivity contribution in [2.45, 2.75) is 12.6 Å². The lowest BCUT2D eigenvalue weighted by Crippen LogP contribution is -2.53. The van der Waals surface area contributed by atoms with E-state index in [4.69, 9.17) is 27.9 Å². The predicted molar refractivity (Wildman–Crippen MR) is 88.7 cm³/mol. The first-order valence-corrected chi connectivity index (χ1v) is 7.93. The first kappa shape index (κ1) is 17.8. The van der Waals surface area contributed by atoms with Gasteiger partial charge in [-0.1, -0.05) is 29.3 Å². The molecule has 6 nitrogen and oxygen atoms in total. The van der Waals surface area contributed by atoms with Crippen molar-refractivity contribution < 1.29 is 14.3 Å². The molecule has 0 aromatic heterocycles. The Morgan fingerprint density at radius 2 is 2.09 bits per heavy atom. The van der Waals surface area contributed by atoms with E-state index in [0.29, 0.717) is 29.7 Å². The lowest BCUT2D eigenvalue weighted by atomic mass is 10.2. The van der Waals surface area contributed by atoms with Gasteiger partial charge in [0.2, 0.25) is 0 Å². The molecule has 1 atom stereocenters. The highest BCUT2D eigenvalue weighted by molar-refractivity contribution is 6.42. The molecule has 0 aliphatic carbocycles. The number of carbonyl (C=O) groups is 2. The maximum absolute atomic E-state index is 12.2. The van der Waals surface area contributed by atoms with Crippen LogP contribution in [0.15, 0.2) is 18.2 Å². The number of ether oxygens (including phenoxy) is 1. The number of likely N-dealkylation sites (N-methyl/N-ethyl adjacent to an activating group) is 1. The standard InChI is InChI=1S/C15H19Cl2N3O3/c1-19(2)14(21)13-9-20(5-6-23-13)15(22)18-8-10-3-4-11(16)12(17)7-10/h3-4,7,13H,5-6,8-9H2,1-2H3,(H,18,22)/t13-/m0/s1. The molecule has 1 heterocycles. The van der Waals surface area contributed by atoms with Crippen molar-refractivity contribution in [3.05, 3.63) is 33.8 Å². The lowest BCUT2D eigenvalue weighted by molar-refractivity contribution is -0.145. The number of morpholine rings is 1. The Kier molecular flexibility index (Phi) is 6.10. The Morgan fingerprint density at radius 1 is 1.35 bits per heavy atom. The molecule has 1 aliphatic heterocycles. The maximum atomic E-state index is 12.2. The van der Waals surface area contributed by atoms with Crippen molar-refractivity contribution in [1.29, 1.82) is 0 Å². The smallest absolute Gasteiger partial charge is 0.317 e. The third kappa shape index (κ3) is 4.73. The van der Waals surface area contributed by atoms with E-state index in [1.54, 1.807) is 37.2 Å². The number of benzene rings is 1. The Balaban J connectivity index is 1.89. The van der Waals surface area contributed by atoms with Crippen LogP contribution in [0.1, 0.15) is 5.56 Å². The highest BCUT2D eigenvalue weighted by Crippen LogP contribution is 2.22. The highest BCUT2D eigenvalue weighted by Gasteiger charge is 2.30. The van der Waals surface area contributed by atoms with Gasteiger partial charge in [0.05, 0.1) is 23.2 Å². The van der Waals surface area contributed by atoms with Crippen molar-refractivity contribution >= 4 is 35.1 Å². The molecule has 23 heavy (non-hydrogen) atoms. The van der Waals surface area contributed by atoms with E-state index >= 15 is 0 Å². The largest absolute Gasteiger partial charge is 0.365 e. The minimum absolute atomic E-state index is 0.146. The molecular weight excluding hydrogens is 341 g/mol. The Bertz CT molecular complexity index is 595. The molecule has 1 aromatic carbocycles. The topological polar surface area (TPSA) is 61.9 Å². The summed E-state index contributed by atoms with van der Waals surface area (Å²) in [7, 11) is 3.32. The SMILES string of the molecule is CN(C)C(=O)[C@@H]1CN(C(=O)NCc2ccc(Cl)c(Cl)c2)CCO1. The highest BCUT2D eigenvalue weighted by atomic mass is 35.5. The van der Waals surface area contributed by atoms with Crippen LogP contribution in [0.3, 0.4) is 0 Å². The maximum Gasteiger partial charge on any atom is 0.317 e. The molecule has 0 spiro atoms. The molecule has 0 bridgehead atoms.